The highest BCUT2D eigenvalue weighted by molar-refractivity contribution is 7.91. The van der Waals surface area contributed by atoms with Crippen LogP contribution in [0.3, 0.4) is 0 Å². The number of carbonyl (C=O) groups excluding carboxylic acids is 1. The van der Waals surface area contributed by atoms with E-state index in [1.807, 2.05) is 18.7 Å². The lowest BCUT2D eigenvalue weighted by Gasteiger charge is -2.38. The summed E-state index contributed by atoms with van der Waals surface area (Å²) in [5, 5.41) is 11.2. The van der Waals surface area contributed by atoms with Gasteiger partial charge in [0.15, 0.2) is 9.84 Å². The van der Waals surface area contributed by atoms with E-state index >= 15 is 0 Å². The molecule has 27 heavy (non-hydrogen) atoms. The maximum atomic E-state index is 13.0. The molecule has 9 nitrogen and oxygen atoms in total. The molecule has 148 valence electrons. The number of hydrogen-bond acceptors (Lipinski definition) is 7. The van der Waals surface area contributed by atoms with Crippen molar-refractivity contribution in [3.63, 3.8) is 0 Å². The fraction of sp³-hybridized carbons (Fsp3) is 0.588. The molecule has 3 rings (SSSR count). The van der Waals surface area contributed by atoms with Crippen molar-refractivity contribution in [1.29, 1.82) is 0 Å². The normalized spacial score (nSPS) is 25.3. The molecule has 0 N–H and O–H groups in total. The molecule has 0 aromatic heterocycles. The van der Waals surface area contributed by atoms with Crippen LogP contribution in [0.2, 0.25) is 0 Å². The van der Waals surface area contributed by atoms with Crippen LogP contribution < -0.4 is 4.90 Å². The zero-order valence-corrected chi connectivity index (χ0v) is 16.1. The minimum atomic E-state index is -3.10. The van der Waals surface area contributed by atoms with Gasteiger partial charge in [-0.25, -0.2) is 8.42 Å². The van der Waals surface area contributed by atoms with Crippen LogP contribution in [0.15, 0.2) is 18.2 Å². The summed E-state index contributed by atoms with van der Waals surface area (Å²) >= 11 is 0. The SMILES string of the molecule is C[C@@H]1CN(c2cc([N+](=O)[O-])ccc2C(=O)N2CCS(=O)(=O)CC2)C[C@@H](C)O1. The number of nitrogens with zero attached hydrogens (tertiary/aromatic N) is 3. The van der Waals surface area contributed by atoms with E-state index in [1.165, 1.54) is 23.1 Å². The average Bonchev–Trinajstić information content (AvgIpc) is 2.59. The number of nitro groups is 1. The van der Waals surface area contributed by atoms with Gasteiger partial charge in [0.1, 0.15) is 0 Å². The molecule has 0 saturated carbocycles. The van der Waals surface area contributed by atoms with Gasteiger partial charge >= 0.3 is 0 Å². The predicted molar refractivity (Wildman–Crippen MR) is 99.9 cm³/mol. The first-order chi connectivity index (χ1) is 12.7. The Morgan fingerprint density at radius 2 is 1.78 bits per heavy atom. The third kappa shape index (κ3) is 4.38. The number of anilines is 1. The van der Waals surface area contributed by atoms with Gasteiger partial charge in [-0.15, -0.1) is 0 Å². The van der Waals surface area contributed by atoms with Gasteiger partial charge in [-0.2, -0.15) is 0 Å². The molecule has 2 fully saturated rings. The summed E-state index contributed by atoms with van der Waals surface area (Å²) in [6, 6.07) is 4.19. The van der Waals surface area contributed by atoms with Gasteiger partial charge < -0.3 is 14.5 Å². The minimum absolute atomic E-state index is 0.0628. The van der Waals surface area contributed by atoms with Crippen LogP contribution in [0.4, 0.5) is 11.4 Å². The molecule has 2 aliphatic heterocycles. The first-order valence-corrected chi connectivity index (χ1v) is 10.7. The van der Waals surface area contributed by atoms with E-state index in [0.29, 0.717) is 24.3 Å². The standard InChI is InChI=1S/C17H23N3O6S/c1-12-10-19(11-13(2)26-12)16-9-14(20(22)23)3-4-15(16)17(21)18-5-7-27(24,25)8-6-18/h3-4,9,12-13H,5-8,10-11H2,1-2H3/t12-,13-/m1/s1. The smallest absolute Gasteiger partial charge is 0.271 e. The van der Waals surface area contributed by atoms with Crippen LogP contribution in [0, 0.1) is 10.1 Å². The highest BCUT2D eigenvalue weighted by Crippen LogP contribution is 2.30. The highest BCUT2D eigenvalue weighted by Gasteiger charge is 2.31. The Morgan fingerprint density at radius 1 is 1.19 bits per heavy atom. The predicted octanol–water partition coefficient (Wildman–Crippen LogP) is 1.08. The van der Waals surface area contributed by atoms with Crippen molar-refractivity contribution in [1.82, 2.24) is 4.90 Å². The molecule has 0 bridgehead atoms. The molecule has 1 aromatic carbocycles. The van der Waals surface area contributed by atoms with E-state index in [0.717, 1.165) is 0 Å². The van der Waals surface area contributed by atoms with Crippen LogP contribution >= 0.6 is 0 Å². The molecule has 2 aliphatic rings. The van der Waals surface area contributed by atoms with E-state index in [4.69, 9.17) is 4.74 Å². The molecule has 2 heterocycles. The molecule has 2 saturated heterocycles. The topological polar surface area (TPSA) is 110 Å². The van der Waals surface area contributed by atoms with Crippen LogP contribution in [0.25, 0.3) is 0 Å². The minimum Gasteiger partial charge on any atom is -0.372 e. The number of sulfone groups is 1. The number of rotatable bonds is 3. The van der Waals surface area contributed by atoms with Gasteiger partial charge in [-0.05, 0) is 19.9 Å². The van der Waals surface area contributed by atoms with Crippen molar-refractivity contribution in [2.75, 3.05) is 42.6 Å². The second-order valence-corrected chi connectivity index (χ2v) is 9.37. The van der Waals surface area contributed by atoms with Crippen molar-refractivity contribution in [3.05, 3.63) is 33.9 Å². The molecular formula is C17H23N3O6S. The van der Waals surface area contributed by atoms with Gasteiger partial charge in [0.05, 0.1) is 39.9 Å². The number of ether oxygens (including phenoxy) is 1. The van der Waals surface area contributed by atoms with Crippen molar-refractivity contribution in [2.45, 2.75) is 26.1 Å². The van der Waals surface area contributed by atoms with Gasteiger partial charge in [-0.1, -0.05) is 0 Å². The van der Waals surface area contributed by atoms with Crippen LogP contribution in [-0.2, 0) is 14.6 Å². The molecule has 0 spiro atoms. The average molecular weight is 397 g/mol. The Labute approximate surface area is 158 Å². The second kappa shape index (κ2) is 7.43. The molecule has 10 heteroatoms. The van der Waals surface area contributed by atoms with Gasteiger partial charge in [0, 0.05) is 38.3 Å². The zero-order valence-electron chi connectivity index (χ0n) is 15.3. The summed E-state index contributed by atoms with van der Waals surface area (Å²) < 4.78 is 29.0. The van der Waals surface area contributed by atoms with Crippen molar-refractivity contribution >= 4 is 27.1 Å². The van der Waals surface area contributed by atoms with Crippen LogP contribution in [0.1, 0.15) is 24.2 Å². The van der Waals surface area contributed by atoms with Crippen LogP contribution in [0.5, 0.6) is 0 Å². The molecule has 1 amide bonds. The molecule has 1 aromatic rings. The number of morpholine rings is 1. The largest absolute Gasteiger partial charge is 0.372 e. The maximum Gasteiger partial charge on any atom is 0.271 e. The van der Waals surface area contributed by atoms with E-state index in [9.17, 15) is 23.3 Å². The Hall–Kier alpha value is -2.20. The Kier molecular flexibility index (Phi) is 5.38. The number of non-ortho nitro benzene ring substituents is 1. The van der Waals surface area contributed by atoms with E-state index in [1.54, 1.807) is 0 Å². The maximum absolute atomic E-state index is 13.0. The number of carbonyl (C=O) groups is 1. The fourth-order valence-electron chi connectivity index (χ4n) is 3.54. The molecule has 0 aliphatic carbocycles. The van der Waals surface area contributed by atoms with Gasteiger partial charge in [0.2, 0.25) is 0 Å². The summed E-state index contributed by atoms with van der Waals surface area (Å²) in [6.07, 6.45) is -0.146. The fourth-order valence-corrected chi connectivity index (χ4v) is 4.74. The molecule has 0 radical (unpaired) electrons. The number of hydrogen-bond donors (Lipinski definition) is 0. The van der Waals surface area contributed by atoms with Gasteiger partial charge in [-0.3, -0.25) is 14.9 Å². The van der Waals surface area contributed by atoms with Crippen molar-refractivity contribution < 1.29 is 22.9 Å². The zero-order chi connectivity index (χ0) is 19.8. The van der Waals surface area contributed by atoms with Crippen molar-refractivity contribution in [2.24, 2.45) is 0 Å². The van der Waals surface area contributed by atoms with E-state index in [2.05, 4.69) is 0 Å². The van der Waals surface area contributed by atoms with Crippen molar-refractivity contribution in [3.8, 4) is 0 Å². The first-order valence-electron chi connectivity index (χ1n) is 8.85. The monoisotopic (exact) mass is 397 g/mol. The molecular weight excluding hydrogens is 374 g/mol. The third-order valence-electron chi connectivity index (χ3n) is 4.81. The van der Waals surface area contributed by atoms with E-state index in [-0.39, 0.29) is 48.4 Å². The first kappa shape index (κ1) is 19.6. The molecule has 0 unspecified atom stereocenters. The summed E-state index contributed by atoms with van der Waals surface area (Å²) in [5.74, 6) is -0.430. The summed E-state index contributed by atoms with van der Waals surface area (Å²) in [7, 11) is -3.10. The summed E-state index contributed by atoms with van der Waals surface area (Å²) in [5.41, 5.74) is 0.750. The second-order valence-electron chi connectivity index (χ2n) is 7.06. The number of amides is 1. The number of benzene rings is 1. The lowest BCUT2D eigenvalue weighted by molar-refractivity contribution is -0.384. The highest BCUT2D eigenvalue weighted by atomic mass is 32.2. The molecule has 2 atom stereocenters. The third-order valence-corrected chi connectivity index (χ3v) is 6.42. The number of nitro benzene ring substituents is 1. The summed E-state index contributed by atoms with van der Waals surface area (Å²) in [4.78, 5) is 27.2. The lowest BCUT2D eigenvalue weighted by atomic mass is 10.1. The Bertz CT molecular complexity index is 832. The Balaban J connectivity index is 1.94. The Morgan fingerprint density at radius 3 is 2.33 bits per heavy atom. The quantitative estimate of drug-likeness (QED) is 0.554. The summed E-state index contributed by atoms with van der Waals surface area (Å²) in [6.45, 7) is 5.12. The van der Waals surface area contributed by atoms with Gasteiger partial charge in [0.25, 0.3) is 11.6 Å². The lowest BCUT2D eigenvalue weighted by Crippen LogP contribution is -2.47. The van der Waals surface area contributed by atoms with E-state index < -0.39 is 14.8 Å². The van der Waals surface area contributed by atoms with Crippen LogP contribution in [-0.4, -0.2) is 74.0 Å².